The Morgan fingerprint density at radius 3 is 2.13 bits per heavy atom. The molecule has 1 N–H and O–H groups in total. The van der Waals surface area contributed by atoms with Gasteiger partial charge in [0.25, 0.3) is 0 Å². The Morgan fingerprint density at radius 2 is 1.47 bits per heavy atom. The summed E-state index contributed by atoms with van der Waals surface area (Å²) in [5, 5.41) is 10.2. The van der Waals surface area contributed by atoms with Crippen LogP contribution in [0.5, 0.6) is 0 Å². The van der Waals surface area contributed by atoms with E-state index in [1.165, 1.54) is 25.7 Å². The van der Waals surface area contributed by atoms with E-state index in [1.807, 2.05) is 6.92 Å². The van der Waals surface area contributed by atoms with E-state index in [2.05, 4.69) is 20.8 Å². The van der Waals surface area contributed by atoms with Crippen LogP contribution in [0.2, 0.25) is 0 Å². The molecular formula is C14H26O. The summed E-state index contributed by atoms with van der Waals surface area (Å²) in [6, 6.07) is 0. The standard InChI is InChI=1S/C14H26O/c1-12(2)5-6-13(3)7-8-14(4,15)10-11(13)9-12/h11,15H,5-10H2,1-4H3/t11-,13+,14-/m0/s1. The van der Waals surface area contributed by atoms with Crippen LogP contribution < -0.4 is 0 Å². The first-order valence-corrected chi connectivity index (χ1v) is 6.45. The zero-order chi connectivity index (χ0) is 11.3. The van der Waals surface area contributed by atoms with Crippen LogP contribution in [0.15, 0.2) is 0 Å². The fraction of sp³-hybridized carbons (Fsp3) is 1.00. The SMILES string of the molecule is CC1(C)CC[C@]2(C)CC[C@](C)(O)C[C@@H]2C1. The minimum atomic E-state index is -0.391. The Balaban J connectivity index is 2.15. The molecule has 0 heterocycles. The van der Waals surface area contributed by atoms with Gasteiger partial charge in [0.1, 0.15) is 0 Å². The zero-order valence-corrected chi connectivity index (χ0v) is 10.8. The molecule has 2 aliphatic carbocycles. The molecule has 0 saturated heterocycles. The first kappa shape index (κ1) is 11.4. The van der Waals surface area contributed by atoms with Gasteiger partial charge in [0, 0.05) is 0 Å². The maximum Gasteiger partial charge on any atom is 0.0622 e. The molecule has 0 unspecified atom stereocenters. The maximum absolute atomic E-state index is 10.2. The van der Waals surface area contributed by atoms with Crippen molar-refractivity contribution in [1.82, 2.24) is 0 Å². The van der Waals surface area contributed by atoms with Gasteiger partial charge in [0.05, 0.1) is 5.60 Å². The van der Waals surface area contributed by atoms with Crippen molar-refractivity contribution >= 4 is 0 Å². The van der Waals surface area contributed by atoms with Gasteiger partial charge in [-0.3, -0.25) is 0 Å². The van der Waals surface area contributed by atoms with Crippen LogP contribution in [0.3, 0.4) is 0 Å². The van der Waals surface area contributed by atoms with Crippen molar-refractivity contribution in [2.75, 3.05) is 0 Å². The van der Waals surface area contributed by atoms with E-state index in [4.69, 9.17) is 0 Å². The molecule has 1 heteroatoms. The minimum absolute atomic E-state index is 0.391. The van der Waals surface area contributed by atoms with Gasteiger partial charge in [-0.1, -0.05) is 20.8 Å². The quantitative estimate of drug-likeness (QED) is 0.645. The van der Waals surface area contributed by atoms with Crippen LogP contribution >= 0.6 is 0 Å². The summed E-state index contributed by atoms with van der Waals surface area (Å²) >= 11 is 0. The van der Waals surface area contributed by atoms with Crippen LogP contribution in [-0.4, -0.2) is 10.7 Å². The summed E-state index contributed by atoms with van der Waals surface area (Å²) in [5.41, 5.74) is 0.632. The Labute approximate surface area is 94.3 Å². The third kappa shape index (κ3) is 2.22. The fourth-order valence-corrected chi connectivity index (χ4v) is 3.68. The van der Waals surface area contributed by atoms with Gasteiger partial charge in [0.2, 0.25) is 0 Å². The summed E-state index contributed by atoms with van der Waals surface area (Å²) < 4.78 is 0. The Hall–Kier alpha value is -0.0400. The van der Waals surface area contributed by atoms with Crippen LogP contribution in [0.1, 0.15) is 66.2 Å². The highest BCUT2D eigenvalue weighted by molar-refractivity contribution is 4.99. The van der Waals surface area contributed by atoms with Gasteiger partial charge in [0.15, 0.2) is 0 Å². The van der Waals surface area contributed by atoms with Crippen molar-refractivity contribution in [1.29, 1.82) is 0 Å². The largest absolute Gasteiger partial charge is 0.390 e. The molecule has 2 rings (SSSR count). The summed E-state index contributed by atoms with van der Waals surface area (Å²) in [7, 11) is 0. The van der Waals surface area contributed by atoms with Crippen molar-refractivity contribution < 1.29 is 5.11 Å². The van der Waals surface area contributed by atoms with E-state index < -0.39 is 5.60 Å². The lowest BCUT2D eigenvalue weighted by molar-refractivity contribution is -0.0873. The summed E-state index contributed by atoms with van der Waals surface area (Å²) in [5.74, 6) is 0.741. The van der Waals surface area contributed by atoms with Gasteiger partial charge < -0.3 is 5.11 Å². The maximum atomic E-state index is 10.2. The van der Waals surface area contributed by atoms with E-state index in [1.54, 1.807) is 0 Å². The van der Waals surface area contributed by atoms with Crippen molar-refractivity contribution in [2.24, 2.45) is 16.7 Å². The highest BCUT2D eigenvalue weighted by Crippen LogP contribution is 2.56. The normalized spacial score (nSPS) is 49.8. The number of fused-ring (bicyclic) bond motifs is 1. The average molecular weight is 210 g/mol. The topological polar surface area (TPSA) is 20.2 Å². The molecule has 15 heavy (non-hydrogen) atoms. The summed E-state index contributed by atoms with van der Waals surface area (Å²) in [6.07, 6.45) is 7.27. The van der Waals surface area contributed by atoms with Crippen molar-refractivity contribution in [2.45, 2.75) is 71.8 Å². The fourth-order valence-electron chi connectivity index (χ4n) is 3.68. The van der Waals surface area contributed by atoms with Crippen LogP contribution in [0.4, 0.5) is 0 Å². The first-order valence-electron chi connectivity index (χ1n) is 6.45. The predicted molar refractivity (Wildman–Crippen MR) is 63.7 cm³/mol. The molecule has 0 spiro atoms. The third-order valence-corrected chi connectivity index (χ3v) is 5.08. The van der Waals surface area contributed by atoms with E-state index in [9.17, 15) is 5.11 Å². The van der Waals surface area contributed by atoms with Gasteiger partial charge >= 0.3 is 0 Å². The molecule has 0 aromatic rings. The second-order valence-electron chi connectivity index (χ2n) is 7.42. The molecule has 2 saturated carbocycles. The monoisotopic (exact) mass is 210 g/mol. The minimum Gasteiger partial charge on any atom is -0.390 e. The summed E-state index contributed by atoms with van der Waals surface area (Å²) in [4.78, 5) is 0. The molecule has 88 valence electrons. The van der Waals surface area contributed by atoms with Crippen molar-refractivity contribution in [3.8, 4) is 0 Å². The van der Waals surface area contributed by atoms with Gasteiger partial charge in [-0.15, -0.1) is 0 Å². The van der Waals surface area contributed by atoms with Gasteiger partial charge in [-0.05, 0) is 62.2 Å². The van der Waals surface area contributed by atoms with Crippen LogP contribution in [-0.2, 0) is 0 Å². The highest BCUT2D eigenvalue weighted by atomic mass is 16.3. The molecule has 2 aliphatic rings. The smallest absolute Gasteiger partial charge is 0.0622 e. The number of rotatable bonds is 0. The third-order valence-electron chi connectivity index (χ3n) is 5.08. The van der Waals surface area contributed by atoms with Gasteiger partial charge in [-0.25, -0.2) is 0 Å². The van der Waals surface area contributed by atoms with E-state index in [0.29, 0.717) is 10.8 Å². The molecule has 0 aromatic heterocycles. The lowest BCUT2D eigenvalue weighted by Crippen LogP contribution is -2.47. The molecule has 0 aromatic carbocycles. The second-order valence-corrected chi connectivity index (χ2v) is 7.42. The Bertz CT molecular complexity index is 230. The Kier molecular flexibility index (Phi) is 2.46. The molecule has 0 bridgehead atoms. The van der Waals surface area contributed by atoms with Crippen LogP contribution in [0.25, 0.3) is 0 Å². The molecular weight excluding hydrogens is 184 g/mol. The molecule has 3 atom stereocenters. The number of aliphatic hydroxyl groups is 1. The van der Waals surface area contributed by atoms with E-state index in [-0.39, 0.29) is 0 Å². The van der Waals surface area contributed by atoms with Gasteiger partial charge in [-0.2, -0.15) is 0 Å². The highest BCUT2D eigenvalue weighted by Gasteiger charge is 2.48. The molecule has 2 fully saturated rings. The lowest BCUT2D eigenvalue weighted by Gasteiger charge is -2.53. The average Bonchev–Trinajstić information content (AvgIpc) is 2.07. The van der Waals surface area contributed by atoms with Crippen LogP contribution in [0, 0.1) is 16.7 Å². The van der Waals surface area contributed by atoms with E-state index in [0.717, 1.165) is 18.8 Å². The molecule has 0 radical (unpaired) electrons. The zero-order valence-electron chi connectivity index (χ0n) is 10.8. The first-order chi connectivity index (χ1) is 6.73. The second kappa shape index (κ2) is 3.23. The lowest BCUT2D eigenvalue weighted by atomic mass is 9.53. The number of hydrogen-bond donors (Lipinski definition) is 1. The van der Waals surface area contributed by atoms with Crippen molar-refractivity contribution in [3.05, 3.63) is 0 Å². The Morgan fingerprint density at radius 1 is 0.867 bits per heavy atom. The molecule has 0 amide bonds. The van der Waals surface area contributed by atoms with E-state index >= 15 is 0 Å². The number of hydrogen-bond acceptors (Lipinski definition) is 1. The predicted octanol–water partition coefficient (Wildman–Crippen LogP) is 3.75. The summed E-state index contributed by atoms with van der Waals surface area (Å²) in [6.45, 7) is 9.24. The molecule has 0 aliphatic heterocycles. The van der Waals surface area contributed by atoms with Crippen molar-refractivity contribution in [3.63, 3.8) is 0 Å². The molecule has 1 nitrogen and oxygen atoms in total.